The minimum Gasteiger partial charge on any atom is -0.694 e. The van der Waals surface area contributed by atoms with E-state index in [1.54, 1.807) is 66.7 Å². The number of carbonyl (C=O) groups is 2. The van der Waals surface area contributed by atoms with Crippen LogP contribution < -0.4 is 21.2 Å². The Morgan fingerprint density at radius 3 is 1.00 bits per heavy atom. The molecular formula is C50H48FeNO5P2Ru-3. The fourth-order valence-electron chi connectivity index (χ4n) is 5.66. The Balaban J connectivity index is 0.000000402. The summed E-state index contributed by atoms with van der Waals surface area (Å²) in [6.45, 7) is 1.43. The monoisotopic (exact) mass is 962 g/mol. The van der Waals surface area contributed by atoms with Gasteiger partial charge in [-0.15, -0.1) is 7.55 Å². The van der Waals surface area contributed by atoms with E-state index < -0.39 is 27.0 Å². The average Bonchev–Trinajstić information content (AvgIpc) is 4.01. The summed E-state index contributed by atoms with van der Waals surface area (Å²) in [6, 6.07) is 61.7. The molecule has 2 aliphatic rings. The van der Waals surface area contributed by atoms with Crippen molar-refractivity contribution in [2.75, 3.05) is 0 Å². The molecule has 0 radical (unpaired) electrons. The van der Waals surface area contributed by atoms with Gasteiger partial charge in [0.15, 0.2) is 0 Å². The number of nitrogens with zero attached hydrogens (tertiary/aromatic N) is 1. The van der Waals surface area contributed by atoms with E-state index in [1.165, 1.54) is 38.7 Å². The van der Waals surface area contributed by atoms with Crippen LogP contribution in [0, 0.1) is 37.0 Å². The fraction of sp³-hybridized carbons (Fsp3) is 0.0200. The summed E-state index contributed by atoms with van der Waals surface area (Å²) in [4.78, 5) is 20.4. The zero-order chi connectivity index (χ0) is 40.5. The molecule has 5 N–H and O–H groups in total. The van der Waals surface area contributed by atoms with Gasteiger partial charge in [0.25, 0.3) is 0 Å². The molecule has 8 rings (SSSR count). The van der Waals surface area contributed by atoms with Gasteiger partial charge < -0.3 is 46.7 Å². The molecule has 6 nitrogen and oxygen atoms in total. The third-order valence-electron chi connectivity index (χ3n) is 8.19. The van der Waals surface area contributed by atoms with Crippen LogP contribution in [0.5, 0.6) is 0 Å². The van der Waals surface area contributed by atoms with Crippen LogP contribution in [0.15, 0.2) is 206 Å². The molecule has 10 heteroatoms. The van der Waals surface area contributed by atoms with E-state index >= 15 is 0 Å². The molecule has 6 aromatic rings. The SMILES string of the molecule is C1=CC(=[PH](c2ccccc2)c2ccccc2)C=C1.CC#N.O=C(O)c1ccccc1.O=C(O)c1ccccc1.[Fe].[OH3+].[Ru].c1ccc([PH](=C2[CH-][CH-][CH-][CH-]2)c2ccccc2)cc1. The molecular weight excluding hydrogens is 913 g/mol. The van der Waals surface area contributed by atoms with Crippen molar-refractivity contribution in [2.45, 2.75) is 6.92 Å². The minimum absolute atomic E-state index is 0. The molecule has 6 aromatic carbocycles. The maximum atomic E-state index is 10.2. The first-order valence-electron chi connectivity index (χ1n) is 18.2. The third kappa shape index (κ3) is 18.1. The van der Waals surface area contributed by atoms with Crippen molar-refractivity contribution in [3.63, 3.8) is 0 Å². The molecule has 2 aliphatic carbocycles. The van der Waals surface area contributed by atoms with Crippen molar-refractivity contribution < 1.29 is 61.8 Å². The zero-order valence-corrected chi connectivity index (χ0v) is 37.7. The van der Waals surface area contributed by atoms with Gasteiger partial charge in [-0.05, 0) is 50.8 Å². The molecule has 312 valence electrons. The molecule has 0 bridgehead atoms. The van der Waals surface area contributed by atoms with Crippen LogP contribution in [0.3, 0.4) is 0 Å². The Hall–Kier alpha value is -5.07. The normalized spacial score (nSPS) is 11.4. The summed E-state index contributed by atoms with van der Waals surface area (Å²) in [6.07, 6.45) is 17.5. The summed E-state index contributed by atoms with van der Waals surface area (Å²) >= 11 is 0. The van der Waals surface area contributed by atoms with Gasteiger partial charge in [0, 0.05) is 43.5 Å². The van der Waals surface area contributed by atoms with Gasteiger partial charge in [0.05, 0.1) is 17.2 Å². The average molecular weight is 962 g/mol. The minimum atomic E-state index is -0.879. The number of carboxylic acid groups (broad SMARTS) is 2. The Bertz CT molecular complexity index is 2150. The molecule has 0 heterocycles. The molecule has 0 aromatic heterocycles. The third-order valence-corrected chi connectivity index (χ3v) is 13.7. The molecule has 1 fully saturated rings. The second-order valence-corrected chi connectivity index (χ2v) is 17.1. The first-order chi connectivity index (χ1) is 27.9. The zero-order valence-electron chi connectivity index (χ0n) is 32.9. The Morgan fingerprint density at radius 2 is 0.750 bits per heavy atom. The molecule has 0 aliphatic heterocycles. The number of aromatic carboxylic acids is 2. The number of nitriles is 1. The van der Waals surface area contributed by atoms with Crippen molar-refractivity contribution in [2.24, 2.45) is 0 Å². The van der Waals surface area contributed by atoms with Crippen LogP contribution in [0.4, 0.5) is 0 Å². The first-order valence-corrected chi connectivity index (χ1v) is 21.2. The second-order valence-electron chi connectivity index (χ2n) is 12.1. The predicted molar refractivity (Wildman–Crippen MR) is 249 cm³/mol. The molecule has 60 heavy (non-hydrogen) atoms. The van der Waals surface area contributed by atoms with Gasteiger partial charge in [-0.3, -0.25) is 0 Å². The predicted octanol–water partition coefficient (Wildman–Crippen LogP) is 8.38. The fourth-order valence-corrected chi connectivity index (χ4v) is 10.8. The summed E-state index contributed by atoms with van der Waals surface area (Å²) in [7, 11) is -1.67. The summed E-state index contributed by atoms with van der Waals surface area (Å²) < 4.78 is 0. The van der Waals surface area contributed by atoms with Gasteiger partial charge in [0.1, 0.15) is 0 Å². The Kier molecular flexibility index (Phi) is 27.3. The Morgan fingerprint density at radius 1 is 0.500 bits per heavy atom. The first kappa shape index (κ1) is 53.0. The molecule has 1 saturated carbocycles. The van der Waals surface area contributed by atoms with Crippen LogP contribution in [-0.2, 0) is 42.0 Å². The van der Waals surface area contributed by atoms with E-state index in [9.17, 15) is 9.59 Å². The molecule has 0 unspecified atom stereocenters. The summed E-state index contributed by atoms with van der Waals surface area (Å²) in [5, 5.41) is 32.8. The standard InChI is InChI=1S/2C17H15P.2C7H6O2.C2H3N.Fe.H2O.Ru/c2*1-3-9-15(10-4-1)18(17-13-7-8-14-17)16-11-5-2-6-12-16;2*8-7(9)6-4-2-1-3-5-6;1-2-3;;;/h2*1-14,18H;2*1-5H,(H,8,9);1H3;;1H2;/q;-4;;;;;;/p+1. The van der Waals surface area contributed by atoms with Gasteiger partial charge in [-0.25, -0.2) is 9.59 Å². The van der Waals surface area contributed by atoms with Gasteiger partial charge in [-0.1, -0.05) is 190 Å². The second kappa shape index (κ2) is 30.9. The van der Waals surface area contributed by atoms with Gasteiger partial charge >= 0.3 is 11.9 Å². The number of allylic oxidation sites excluding steroid dienone is 4. The topological polar surface area (TPSA) is 131 Å². The number of hydrogen-bond donors (Lipinski definition) is 2. The summed E-state index contributed by atoms with van der Waals surface area (Å²) in [5.41, 5.74) is 0.662. The number of benzene rings is 6. The van der Waals surface area contributed by atoms with Gasteiger partial charge in [0.2, 0.25) is 0 Å². The maximum Gasteiger partial charge on any atom is 0.335 e. The number of rotatable bonds is 6. The Labute approximate surface area is 379 Å². The molecule has 0 amide bonds. The smallest absolute Gasteiger partial charge is 0.335 e. The largest absolute Gasteiger partial charge is 0.694 e. The maximum absolute atomic E-state index is 10.2. The summed E-state index contributed by atoms with van der Waals surface area (Å²) in [5.74, 6) is -1.76. The van der Waals surface area contributed by atoms with Crippen LogP contribution in [0.2, 0.25) is 0 Å². The van der Waals surface area contributed by atoms with E-state index in [4.69, 9.17) is 15.5 Å². The van der Waals surface area contributed by atoms with Crippen LogP contribution >= 0.6 is 15.1 Å². The van der Waals surface area contributed by atoms with Crippen LogP contribution in [0.1, 0.15) is 27.6 Å². The number of carboxylic acids is 2. The molecule has 0 saturated heterocycles. The van der Waals surface area contributed by atoms with Crippen molar-refractivity contribution in [1.29, 1.82) is 5.26 Å². The van der Waals surface area contributed by atoms with Crippen molar-refractivity contribution in [3.8, 4) is 6.07 Å². The van der Waals surface area contributed by atoms with Crippen molar-refractivity contribution in [3.05, 3.63) is 243 Å². The molecule has 0 spiro atoms. The van der Waals surface area contributed by atoms with E-state index in [0.717, 1.165) is 0 Å². The van der Waals surface area contributed by atoms with E-state index in [1.807, 2.05) is 0 Å². The van der Waals surface area contributed by atoms with Crippen LogP contribution in [0.25, 0.3) is 0 Å². The van der Waals surface area contributed by atoms with Gasteiger partial charge in [-0.2, -0.15) is 5.26 Å². The van der Waals surface area contributed by atoms with Crippen LogP contribution in [-0.4, -0.2) is 32.7 Å². The van der Waals surface area contributed by atoms with Crippen molar-refractivity contribution in [1.82, 2.24) is 0 Å². The number of hydrogen-bond acceptors (Lipinski definition) is 3. The van der Waals surface area contributed by atoms with Crippen molar-refractivity contribution >= 4 is 58.8 Å². The van der Waals surface area contributed by atoms with E-state index in [-0.39, 0.29) is 42.0 Å². The van der Waals surface area contributed by atoms with E-state index in [2.05, 4.69) is 171 Å². The molecule has 0 atom stereocenters. The quantitative estimate of drug-likeness (QED) is 0.0750. The van der Waals surface area contributed by atoms with E-state index in [0.29, 0.717) is 11.1 Å².